The van der Waals surface area contributed by atoms with E-state index in [2.05, 4.69) is 5.32 Å². The van der Waals surface area contributed by atoms with Gasteiger partial charge in [0, 0.05) is 16.3 Å². The molecule has 0 radical (unpaired) electrons. The zero-order chi connectivity index (χ0) is 15.9. The number of methoxy groups -OCH3 is 1. The SMILES string of the molecule is COc1ccccc1NC(=O)CSCc1c(F)cccc1Cl. The number of nitrogens with one attached hydrogen (secondary N) is 1. The maximum absolute atomic E-state index is 13.6. The minimum Gasteiger partial charge on any atom is -0.495 e. The number of rotatable bonds is 6. The lowest BCUT2D eigenvalue weighted by molar-refractivity contribution is -0.113. The molecule has 0 fully saturated rings. The van der Waals surface area contributed by atoms with E-state index in [4.69, 9.17) is 16.3 Å². The number of carbonyl (C=O) groups is 1. The largest absolute Gasteiger partial charge is 0.495 e. The summed E-state index contributed by atoms with van der Waals surface area (Å²) in [4.78, 5) is 11.9. The molecule has 0 aliphatic heterocycles. The molecule has 0 aliphatic carbocycles. The van der Waals surface area contributed by atoms with Crippen LogP contribution in [-0.4, -0.2) is 18.8 Å². The van der Waals surface area contributed by atoms with E-state index in [1.807, 2.05) is 12.1 Å². The number of amides is 1. The van der Waals surface area contributed by atoms with Gasteiger partial charge in [-0.1, -0.05) is 29.8 Å². The average Bonchev–Trinajstić information content (AvgIpc) is 2.51. The van der Waals surface area contributed by atoms with E-state index in [-0.39, 0.29) is 17.5 Å². The molecule has 0 spiro atoms. The second-order valence-corrected chi connectivity index (χ2v) is 5.83. The molecule has 3 nitrogen and oxygen atoms in total. The number of halogens is 2. The Hall–Kier alpha value is -1.72. The molecule has 0 atom stereocenters. The molecule has 2 rings (SSSR count). The Morgan fingerprint density at radius 3 is 2.77 bits per heavy atom. The minimum atomic E-state index is -0.356. The van der Waals surface area contributed by atoms with Gasteiger partial charge >= 0.3 is 0 Å². The number of hydrogen-bond acceptors (Lipinski definition) is 3. The van der Waals surface area contributed by atoms with Gasteiger partial charge in [-0.25, -0.2) is 4.39 Å². The molecule has 2 aromatic rings. The zero-order valence-electron chi connectivity index (χ0n) is 11.9. The Morgan fingerprint density at radius 2 is 2.05 bits per heavy atom. The summed E-state index contributed by atoms with van der Waals surface area (Å²) in [6, 6.07) is 11.7. The number of benzene rings is 2. The van der Waals surface area contributed by atoms with E-state index >= 15 is 0 Å². The summed E-state index contributed by atoms with van der Waals surface area (Å²) in [7, 11) is 1.54. The Morgan fingerprint density at radius 1 is 1.27 bits per heavy atom. The van der Waals surface area contributed by atoms with Crippen LogP contribution in [0.3, 0.4) is 0 Å². The quantitative estimate of drug-likeness (QED) is 0.849. The van der Waals surface area contributed by atoms with Gasteiger partial charge in [-0.2, -0.15) is 0 Å². The van der Waals surface area contributed by atoms with Crippen molar-refractivity contribution in [1.29, 1.82) is 0 Å². The lowest BCUT2D eigenvalue weighted by atomic mass is 10.2. The van der Waals surface area contributed by atoms with Gasteiger partial charge in [0.1, 0.15) is 11.6 Å². The lowest BCUT2D eigenvalue weighted by Crippen LogP contribution is -2.14. The highest BCUT2D eigenvalue weighted by Crippen LogP contribution is 2.25. The molecule has 6 heteroatoms. The standard InChI is InChI=1S/C16H15ClFNO2S/c1-21-15-8-3-2-7-14(15)19-16(20)10-22-9-11-12(17)5-4-6-13(11)18/h2-8H,9-10H2,1H3,(H,19,20). The highest BCUT2D eigenvalue weighted by molar-refractivity contribution is 7.99. The summed E-state index contributed by atoms with van der Waals surface area (Å²) >= 11 is 7.24. The van der Waals surface area contributed by atoms with Gasteiger partial charge in [-0.15, -0.1) is 11.8 Å². The van der Waals surface area contributed by atoms with Crippen molar-refractivity contribution in [2.75, 3.05) is 18.2 Å². The third-order valence-corrected chi connectivity index (χ3v) is 4.24. The van der Waals surface area contributed by atoms with Crippen LogP contribution in [0, 0.1) is 5.82 Å². The topological polar surface area (TPSA) is 38.3 Å². The van der Waals surface area contributed by atoms with Crippen molar-refractivity contribution in [3.8, 4) is 5.75 Å². The predicted molar refractivity (Wildman–Crippen MR) is 89.2 cm³/mol. The van der Waals surface area contributed by atoms with Crippen LogP contribution in [0.15, 0.2) is 42.5 Å². The molecule has 22 heavy (non-hydrogen) atoms. The first-order valence-corrected chi connectivity index (χ1v) is 8.08. The molecular formula is C16H15ClFNO2S. The first-order valence-electron chi connectivity index (χ1n) is 6.55. The lowest BCUT2D eigenvalue weighted by Gasteiger charge is -2.10. The molecule has 1 N–H and O–H groups in total. The van der Waals surface area contributed by atoms with Crippen LogP contribution in [0.1, 0.15) is 5.56 Å². The summed E-state index contributed by atoms with van der Waals surface area (Å²) in [5.74, 6) is 0.596. The van der Waals surface area contributed by atoms with Crippen molar-refractivity contribution < 1.29 is 13.9 Å². The van der Waals surface area contributed by atoms with Gasteiger partial charge in [-0.3, -0.25) is 4.79 Å². The molecule has 0 bridgehead atoms. The van der Waals surface area contributed by atoms with E-state index in [1.54, 1.807) is 31.4 Å². The number of thioether (sulfide) groups is 1. The Balaban J connectivity index is 1.88. The number of anilines is 1. The van der Waals surface area contributed by atoms with Gasteiger partial charge in [0.15, 0.2) is 0 Å². The number of carbonyl (C=O) groups excluding carboxylic acids is 1. The number of hydrogen-bond donors (Lipinski definition) is 1. The van der Waals surface area contributed by atoms with Crippen molar-refractivity contribution in [2.24, 2.45) is 0 Å². The van der Waals surface area contributed by atoms with Crippen molar-refractivity contribution in [3.63, 3.8) is 0 Å². The molecule has 0 aliphatic rings. The van der Waals surface area contributed by atoms with Crippen molar-refractivity contribution in [1.82, 2.24) is 0 Å². The number of para-hydroxylation sites is 2. The van der Waals surface area contributed by atoms with Crippen LogP contribution in [0.5, 0.6) is 5.75 Å². The van der Waals surface area contributed by atoms with Gasteiger partial charge in [-0.05, 0) is 24.3 Å². The monoisotopic (exact) mass is 339 g/mol. The first kappa shape index (κ1) is 16.6. The summed E-state index contributed by atoms with van der Waals surface area (Å²) in [6.07, 6.45) is 0. The fourth-order valence-corrected chi connectivity index (χ4v) is 3.02. The highest BCUT2D eigenvalue weighted by Gasteiger charge is 2.10. The summed E-state index contributed by atoms with van der Waals surface area (Å²) in [5.41, 5.74) is 1.03. The average molecular weight is 340 g/mol. The molecule has 0 unspecified atom stereocenters. The van der Waals surface area contributed by atoms with Crippen LogP contribution in [0.2, 0.25) is 5.02 Å². The Labute approximate surface area is 137 Å². The van der Waals surface area contributed by atoms with E-state index in [9.17, 15) is 9.18 Å². The molecular weight excluding hydrogens is 325 g/mol. The molecule has 1 amide bonds. The Bertz CT molecular complexity index is 646. The second kappa shape index (κ2) is 8.06. The smallest absolute Gasteiger partial charge is 0.234 e. The van der Waals surface area contributed by atoms with E-state index in [1.165, 1.54) is 17.8 Å². The second-order valence-electron chi connectivity index (χ2n) is 4.44. The van der Waals surface area contributed by atoms with Gasteiger partial charge in [0.25, 0.3) is 0 Å². The number of ether oxygens (including phenoxy) is 1. The fourth-order valence-electron chi connectivity index (χ4n) is 1.85. The molecule has 0 aromatic heterocycles. The van der Waals surface area contributed by atoms with Gasteiger partial charge in [0.05, 0.1) is 18.6 Å². The summed E-state index contributed by atoms with van der Waals surface area (Å²) in [5, 5.41) is 3.14. The molecule has 2 aromatic carbocycles. The molecule has 0 saturated carbocycles. The van der Waals surface area contributed by atoms with E-state index < -0.39 is 0 Å². The summed E-state index contributed by atoms with van der Waals surface area (Å²) < 4.78 is 18.8. The predicted octanol–water partition coefficient (Wildman–Crippen LogP) is 4.36. The molecule has 0 heterocycles. The highest BCUT2D eigenvalue weighted by atomic mass is 35.5. The zero-order valence-corrected chi connectivity index (χ0v) is 13.5. The van der Waals surface area contributed by atoms with Crippen LogP contribution in [-0.2, 0) is 10.5 Å². The Kier molecular flexibility index (Phi) is 6.10. The molecule has 116 valence electrons. The minimum absolute atomic E-state index is 0.179. The maximum Gasteiger partial charge on any atom is 0.234 e. The van der Waals surface area contributed by atoms with E-state index in [0.29, 0.717) is 27.8 Å². The fraction of sp³-hybridized carbons (Fsp3) is 0.188. The molecule has 0 saturated heterocycles. The summed E-state index contributed by atoms with van der Waals surface area (Å²) in [6.45, 7) is 0. The van der Waals surface area contributed by atoms with Crippen LogP contribution in [0.25, 0.3) is 0 Å². The van der Waals surface area contributed by atoms with Crippen molar-refractivity contribution in [2.45, 2.75) is 5.75 Å². The van der Waals surface area contributed by atoms with Crippen LogP contribution >= 0.6 is 23.4 Å². The van der Waals surface area contributed by atoms with E-state index in [0.717, 1.165) is 0 Å². The normalized spacial score (nSPS) is 10.3. The van der Waals surface area contributed by atoms with Gasteiger partial charge in [0.2, 0.25) is 5.91 Å². The van der Waals surface area contributed by atoms with Crippen LogP contribution < -0.4 is 10.1 Å². The van der Waals surface area contributed by atoms with Crippen molar-refractivity contribution >= 4 is 35.0 Å². The van der Waals surface area contributed by atoms with Gasteiger partial charge < -0.3 is 10.1 Å². The van der Waals surface area contributed by atoms with Crippen molar-refractivity contribution in [3.05, 3.63) is 58.9 Å². The third kappa shape index (κ3) is 4.39. The first-order chi connectivity index (χ1) is 10.6. The van der Waals surface area contributed by atoms with Crippen LogP contribution in [0.4, 0.5) is 10.1 Å². The maximum atomic E-state index is 13.6. The third-order valence-electron chi connectivity index (χ3n) is 2.92.